The summed E-state index contributed by atoms with van der Waals surface area (Å²) in [6.07, 6.45) is 1.28. The lowest BCUT2D eigenvalue weighted by molar-refractivity contribution is -0.124. The molecular formula is C13H26N2O2. The number of hydrogen-bond acceptors (Lipinski definition) is 3. The summed E-state index contributed by atoms with van der Waals surface area (Å²) >= 11 is 0. The van der Waals surface area contributed by atoms with Crippen LogP contribution in [0.1, 0.15) is 41.0 Å². The van der Waals surface area contributed by atoms with Crippen LogP contribution in [-0.4, -0.2) is 37.2 Å². The Morgan fingerprint density at radius 2 is 2.00 bits per heavy atom. The second-order valence-corrected chi connectivity index (χ2v) is 6.51. The van der Waals surface area contributed by atoms with Crippen LogP contribution in [0.5, 0.6) is 0 Å². The Bertz CT molecular complexity index is 282. The van der Waals surface area contributed by atoms with Crippen molar-refractivity contribution in [3.63, 3.8) is 0 Å². The molecule has 0 radical (unpaired) electrons. The third kappa shape index (κ3) is 3.68. The van der Waals surface area contributed by atoms with Gasteiger partial charge in [-0.2, -0.15) is 0 Å². The average Bonchev–Trinajstić information content (AvgIpc) is 2.13. The van der Waals surface area contributed by atoms with Gasteiger partial charge in [-0.25, -0.2) is 0 Å². The minimum Gasteiger partial charge on any atom is -0.381 e. The van der Waals surface area contributed by atoms with Crippen LogP contribution < -0.4 is 10.6 Å². The molecule has 0 aromatic heterocycles. The molecule has 17 heavy (non-hydrogen) atoms. The van der Waals surface area contributed by atoms with Crippen LogP contribution in [-0.2, 0) is 9.53 Å². The fourth-order valence-corrected chi connectivity index (χ4v) is 2.31. The van der Waals surface area contributed by atoms with Crippen LogP contribution in [0.15, 0.2) is 0 Å². The number of carbonyl (C=O) groups is 1. The highest BCUT2D eigenvalue weighted by Gasteiger charge is 2.48. The molecule has 1 amide bonds. The van der Waals surface area contributed by atoms with Gasteiger partial charge in [-0.3, -0.25) is 4.79 Å². The molecule has 4 nitrogen and oxygen atoms in total. The molecule has 1 fully saturated rings. The SMILES string of the molecule is COC1CC(NCC(=O)NC(C)(C)C)C1(C)C. The summed E-state index contributed by atoms with van der Waals surface area (Å²) in [6.45, 7) is 10.7. The summed E-state index contributed by atoms with van der Waals surface area (Å²) in [5.74, 6) is 0.0502. The topological polar surface area (TPSA) is 50.4 Å². The van der Waals surface area contributed by atoms with E-state index in [9.17, 15) is 4.79 Å². The van der Waals surface area contributed by atoms with E-state index in [1.165, 1.54) is 0 Å². The molecular weight excluding hydrogens is 216 g/mol. The molecule has 1 aliphatic carbocycles. The second kappa shape index (κ2) is 4.94. The lowest BCUT2D eigenvalue weighted by Gasteiger charge is -2.51. The first kappa shape index (κ1) is 14.5. The molecule has 100 valence electrons. The zero-order valence-electron chi connectivity index (χ0n) is 11.9. The molecule has 0 saturated heterocycles. The first-order valence-corrected chi connectivity index (χ1v) is 6.24. The van der Waals surface area contributed by atoms with Crippen LogP contribution in [0.4, 0.5) is 0 Å². The number of ether oxygens (including phenoxy) is 1. The maximum absolute atomic E-state index is 11.7. The Morgan fingerprint density at radius 1 is 1.41 bits per heavy atom. The summed E-state index contributed by atoms with van der Waals surface area (Å²) in [5.41, 5.74) is -0.0558. The van der Waals surface area contributed by atoms with E-state index in [4.69, 9.17) is 4.74 Å². The number of rotatable bonds is 4. The molecule has 4 heteroatoms. The molecule has 1 rings (SSSR count). The average molecular weight is 242 g/mol. The minimum atomic E-state index is -0.164. The highest BCUT2D eigenvalue weighted by atomic mass is 16.5. The number of carbonyl (C=O) groups excluding carboxylic acids is 1. The van der Waals surface area contributed by atoms with Gasteiger partial charge < -0.3 is 15.4 Å². The molecule has 2 atom stereocenters. The van der Waals surface area contributed by atoms with E-state index in [1.807, 2.05) is 20.8 Å². The van der Waals surface area contributed by atoms with E-state index in [0.717, 1.165) is 6.42 Å². The number of hydrogen-bond donors (Lipinski definition) is 2. The lowest BCUT2D eigenvalue weighted by atomic mass is 9.64. The van der Waals surface area contributed by atoms with Gasteiger partial charge in [0, 0.05) is 24.1 Å². The molecule has 0 bridgehead atoms. The first-order valence-electron chi connectivity index (χ1n) is 6.24. The maximum Gasteiger partial charge on any atom is 0.234 e. The number of methoxy groups -OCH3 is 1. The van der Waals surface area contributed by atoms with Crippen molar-refractivity contribution in [2.45, 2.75) is 58.7 Å². The number of amides is 1. The van der Waals surface area contributed by atoms with Crippen molar-refractivity contribution in [1.82, 2.24) is 10.6 Å². The molecule has 0 aromatic carbocycles. The standard InChI is InChI=1S/C13H26N2O2/c1-12(2,3)15-11(16)8-14-9-7-10(17-6)13(9,4)5/h9-10,14H,7-8H2,1-6H3,(H,15,16). The summed E-state index contributed by atoms with van der Waals surface area (Å²) in [6, 6.07) is 0.359. The van der Waals surface area contributed by atoms with Gasteiger partial charge in [0.15, 0.2) is 0 Å². The van der Waals surface area contributed by atoms with E-state index in [1.54, 1.807) is 7.11 Å². The van der Waals surface area contributed by atoms with Crippen molar-refractivity contribution < 1.29 is 9.53 Å². The van der Waals surface area contributed by atoms with Gasteiger partial charge in [-0.05, 0) is 27.2 Å². The lowest BCUT2D eigenvalue weighted by Crippen LogP contribution is -2.62. The Labute approximate surface area is 104 Å². The van der Waals surface area contributed by atoms with Crippen LogP contribution in [0.25, 0.3) is 0 Å². The van der Waals surface area contributed by atoms with Crippen molar-refractivity contribution in [3.8, 4) is 0 Å². The number of nitrogens with one attached hydrogen (secondary N) is 2. The summed E-state index contributed by atoms with van der Waals surface area (Å²) in [7, 11) is 1.74. The largest absolute Gasteiger partial charge is 0.381 e. The van der Waals surface area contributed by atoms with E-state index >= 15 is 0 Å². The van der Waals surface area contributed by atoms with Crippen LogP contribution in [0, 0.1) is 5.41 Å². The summed E-state index contributed by atoms with van der Waals surface area (Å²) in [4.78, 5) is 11.7. The Kier molecular flexibility index (Phi) is 4.20. The van der Waals surface area contributed by atoms with Crippen LogP contribution in [0.3, 0.4) is 0 Å². The highest BCUT2D eigenvalue weighted by molar-refractivity contribution is 5.78. The minimum absolute atomic E-state index is 0.0502. The molecule has 0 aliphatic heterocycles. The molecule has 0 aromatic rings. The summed E-state index contributed by atoms with van der Waals surface area (Å²) in [5, 5.41) is 6.25. The fourth-order valence-electron chi connectivity index (χ4n) is 2.31. The molecule has 2 N–H and O–H groups in total. The van der Waals surface area contributed by atoms with Gasteiger partial charge in [-0.15, -0.1) is 0 Å². The van der Waals surface area contributed by atoms with Crippen molar-refractivity contribution >= 4 is 5.91 Å². The maximum atomic E-state index is 11.7. The van der Waals surface area contributed by atoms with E-state index in [0.29, 0.717) is 18.7 Å². The van der Waals surface area contributed by atoms with Crippen molar-refractivity contribution in [2.24, 2.45) is 5.41 Å². The zero-order valence-corrected chi connectivity index (χ0v) is 11.9. The van der Waals surface area contributed by atoms with Gasteiger partial charge in [0.25, 0.3) is 0 Å². The van der Waals surface area contributed by atoms with Crippen LogP contribution in [0.2, 0.25) is 0 Å². The molecule has 0 heterocycles. The fraction of sp³-hybridized carbons (Fsp3) is 0.923. The highest BCUT2D eigenvalue weighted by Crippen LogP contribution is 2.42. The molecule has 1 saturated carbocycles. The monoisotopic (exact) mass is 242 g/mol. The zero-order chi connectivity index (χ0) is 13.3. The Morgan fingerprint density at radius 3 is 2.41 bits per heavy atom. The molecule has 0 spiro atoms. The molecule has 2 unspecified atom stereocenters. The van der Waals surface area contributed by atoms with Crippen molar-refractivity contribution in [1.29, 1.82) is 0 Å². The smallest absolute Gasteiger partial charge is 0.234 e. The Hall–Kier alpha value is -0.610. The van der Waals surface area contributed by atoms with Gasteiger partial charge in [0.05, 0.1) is 12.6 Å². The van der Waals surface area contributed by atoms with Crippen molar-refractivity contribution in [2.75, 3.05) is 13.7 Å². The van der Waals surface area contributed by atoms with Crippen LogP contribution >= 0.6 is 0 Å². The third-order valence-corrected chi connectivity index (χ3v) is 3.49. The molecule has 1 aliphatic rings. The predicted octanol–water partition coefficient (Wildman–Crippen LogP) is 1.30. The second-order valence-electron chi connectivity index (χ2n) is 6.51. The van der Waals surface area contributed by atoms with Gasteiger partial charge >= 0.3 is 0 Å². The van der Waals surface area contributed by atoms with Gasteiger partial charge in [0.1, 0.15) is 0 Å². The quantitative estimate of drug-likeness (QED) is 0.781. The van der Waals surface area contributed by atoms with E-state index in [2.05, 4.69) is 24.5 Å². The third-order valence-electron chi connectivity index (χ3n) is 3.49. The van der Waals surface area contributed by atoms with Crippen molar-refractivity contribution in [3.05, 3.63) is 0 Å². The van der Waals surface area contributed by atoms with E-state index < -0.39 is 0 Å². The van der Waals surface area contributed by atoms with E-state index in [-0.39, 0.29) is 16.9 Å². The normalized spacial score (nSPS) is 27.4. The Balaban J connectivity index is 2.31. The predicted molar refractivity (Wildman–Crippen MR) is 68.9 cm³/mol. The first-order chi connectivity index (χ1) is 7.66. The van der Waals surface area contributed by atoms with Gasteiger partial charge in [-0.1, -0.05) is 13.8 Å². The van der Waals surface area contributed by atoms with Gasteiger partial charge in [0.2, 0.25) is 5.91 Å². The summed E-state index contributed by atoms with van der Waals surface area (Å²) < 4.78 is 5.38.